The summed E-state index contributed by atoms with van der Waals surface area (Å²) in [5.74, 6) is 0.147. The quantitative estimate of drug-likeness (QED) is 0.710. The Kier molecular flexibility index (Phi) is 4.25. The number of benzene rings is 1. The normalized spacial score (nSPS) is 20.0. The number of esters is 1. The fourth-order valence-electron chi connectivity index (χ4n) is 2.58. The maximum Gasteiger partial charge on any atom is 0.341 e. The molecule has 1 aliphatic carbocycles. The highest BCUT2D eigenvalue weighted by molar-refractivity contribution is 6.39. The SMILES string of the molecule is O=C1OC(=NCc2c(Cl)cc(Cl)cc2Cl)C2=C1CCCC2. The standard InChI is InChI=1S/C15H12Cl3NO2/c16-8-5-12(17)11(13(18)6-8)7-19-14-9-3-1-2-4-10(9)15(20)21-14/h5-6H,1-4,7H2. The van der Waals surface area contributed by atoms with E-state index in [0.717, 1.165) is 36.8 Å². The Morgan fingerprint density at radius 2 is 1.67 bits per heavy atom. The van der Waals surface area contributed by atoms with Crippen molar-refractivity contribution in [1.29, 1.82) is 0 Å². The summed E-state index contributed by atoms with van der Waals surface area (Å²) in [6, 6.07) is 3.24. The van der Waals surface area contributed by atoms with E-state index in [9.17, 15) is 4.79 Å². The monoisotopic (exact) mass is 343 g/mol. The van der Waals surface area contributed by atoms with Gasteiger partial charge >= 0.3 is 5.97 Å². The van der Waals surface area contributed by atoms with Crippen molar-refractivity contribution in [1.82, 2.24) is 0 Å². The molecule has 0 bridgehead atoms. The van der Waals surface area contributed by atoms with Gasteiger partial charge < -0.3 is 4.74 Å². The first-order valence-electron chi connectivity index (χ1n) is 6.68. The Balaban J connectivity index is 1.88. The van der Waals surface area contributed by atoms with Crippen LogP contribution in [0.25, 0.3) is 0 Å². The van der Waals surface area contributed by atoms with Crippen LogP contribution in [0.4, 0.5) is 0 Å². The molecule has 0 aromatic heterocycles. The molecule has 1 aromatic carbocycles. The molecule has 2 aliphatic rings. The highest BCUT2D eigenvalue weighted by atomic mass is 35.5. The van der Waals surface area contributed by atoms with Crippen molar-refractivity contribution < 1.29 is 9.53 Å². The third-order valence-corrected chi connectivity index (χ3v) is 4.54. The van der Waals surface area contributed by atoms with Crippen molar-refractivity contribution in [3.8, 4) is 0 Å². The minimum Gasteiger partial charge on any atom is -0.404 e. The molecule has 0 saturated carbocycles. The van der Waals surface area contributed by atoms with E-state index in [0.29, 0.717) is 26.5 Å². The van der Waals surface area contributed by atoms with Gasteiger partial charge in [-0.1, -0.05) is 34.8 Å². The van der Waals surface area contributed by atoms with Crippen LogP contribution in [-0.4, -0.2) is 11.9 Å². The van der Waals surface area contributed by atoms with Gasteiger partial charge in [0.25, 0.3) is 0 Å². The van der Waals surface area contributed by atoms with E-state index >= 15 is 0 Å². The maximum atomic E-state index is 11.8. The number of halogens is 3. The molecule has 3 nitrogen and oxygen atoms in total. The minimum atomic E-state index is -0.267. The predicted octanol–water partition coefficient (Wildman–Crippen LogP) is 4.97. The second-order valence-electron chi connectivity index (χ2n) is 5.02. The van der Waals surface area contributed by atoms with Crippen LogP contribution in [0.3, 0.4) is 0 Å². The van der Waals surface area contributed by atoms with Crippen LogP contribution in [0.2, 0.25) is 15.1 Å². The zero-order valence-electron chi connectivity index (χ0n) is 11.1. The van der Waals surface area contributed by atoms with Crippen molar-refractivity contribution in [2.24, 2.45) is 4.99 Å². The average molecular weight is 345 g/mol. The Morgan fingerprint density at radius 3 is 2.33 bits per heavy atom. The Labute approximate surface area is 137 Å². The lowest BCUT2D eigenvalue weighted by Gasteiger charge is -2.10. The molecule has 0 atom stereocenters. The summed E-state index contributed by atoms with van der Waals surface area (Å²) >= 11 is 18.1. The summed E-state index contributed by atoms with van der Waals surface area (Å²) in [5.41, 5.74) is 2.39. The van der Waals surface area contributed by atoms with Crippen molar-refractivity contribution in [3.05, 3.63) is 43.9 Å². The lowest BCUT2D eigenvalue weighted by atomic mass is 9.93. The number of hydrogen-bond donors (Lipinski definition) is 0. The number of aliphatic imine (C=N–C) groups is 1. The first-order valence-corrected chi connectivity index (χ1v) is 7.82. The Hall–Kier alpha value is -1.03. The van der Waals surface area contributed by atoms with Crippen molar-refractivity contribution in [3.63, 3.8) is 0 Å². The number of carbonyl (C=O) groups is 1. The number of nitrogens with zero attached hydrogens (tertiary/aromatic N) is 1. The topological polar surface area (TPSA) is 38.7 Å². The van der Waals surface area contributed by atoms with Crippen LogP contribution in [0.1, 0.15) is 31.2 Å². The zero-order valence-corrected chi connectivity index (χ0v) is 13.4. The van der Waals surface area contributed by atoms with Crippen LogP contribution in [-0.2, 0) is 16.1 Å². The average Bonchev–Trinajstić information content (AvgIpc) is 2.75. The molecule has 110 valence electrons. The summed E-state index contributed by atoms with van der Waals surface area (Å²) in [6.07, 6.45) is 3.69. The van der Waals surface area contributed by atoms with Gasteiger partial charge in [-0.05, 0) is 37.8 Å². The van der Waals surface area contributed by atoms with E-state index in [2.05, 4.69) is 4.99 Å². The smallest absolute Gasteiger partial charge is 0.341 e. The van der Waals surface area contributed by atoms with E-state index in [4.69, 9.17) is 39.5 Å². The molecule has 21 heavy (non-hydrogen) atoms. The molecule has 0 fully saturated rings. The number of rotatable bonds is 2. The molecule has 1 heterocycles. The van der Waals surface area contributed by atoms with Crippen molar-refractivity contribution in [2.75, 3.05) is 0 Å². The third kappa shape index (κ3) is 2.96. The number of ether oxygens (including phenoxy) is 1. The second kappa shape index (κ2) is 5.99. The summed E-state index contributed by atoms with van der Waals surface area (Å²) in [6.45, 7) is 0.258. The number of hydrogen-bond acceptors (Lipinski definition) is 3. The van der Waals surface area contributed by atoms with Gasteiger partial charge in [-0.15, -0.1) is 0 Å². The first kappa shape index (κ1) is 14.9. The van der Waals surface area contributed by atoms with Gasteiger partial charge in [0.1, 0.15) is 0 Å². The molecule has 1 aliphatic heterocycles. The fourth-order valence-corrected chi connectivity index (χ4v) is 3.52. The molecule has 0 amide bonds. The first-order chi connectivity index (χ1) is 10.1. The molecular formula is C15H12Cl3NO2. The van der Waals surface area contributed by atoms with Crippen molar-refractivity contribution in [2.45, 2.75) is 32.2 Å². The molecular weight excluding hydrogens is 333 g/mol. The number of cyclic esters (lactones) is 1. The molecule has 0 saturated heterocycles. The second-order valence-corrected chi connectivity index (χ2v) is 6.27. The molecule has 0 N–H and O–H groups in total. The van der Waals surface area contributed by atoms with E-state index in [1.165, 1.54) is 0 Å². The Morgan fingerprint density at radius 1 is 1.05 bits per heavy atom. The molecule has 0 radical (unpaired) electrons. The maximum absolute atomic E-state index is 11.8. The third-order valence-electron chi connectivity index (χ3n) is 3.65. The highest BCUT2D eigenvalue weighted by Gasteiger charge is 2.32. The Bertz CT molecular complexity index is 656. The van der Waals surface area contributed by atoms with E-state index in [-0.39, 0.29) is 12.5 Å². The molecule has 1 aromatic rings. The zero-order chi connectivity index (χ0) is 15.0. The van der Waals surface area contributed by atoms with Crippen LogP contribution in [0.15, 0.2) is 28.3 Å². The van der Waals surface area contributed by atoms with Crippen LogP contribution < -0.4 is 0 Å². The fraction of sp³-hybridized carbons (Fsp3) is 0.333. The summed E-state index contributed by atoms with van der Waals surface area (Å²) in [4.78, 5) is 16.2. The van der Waals surface area contributed by atoms with Crippen LogP contribution in [0.5, 0.6) is 0 Å². The summed E-state index contributed by atoms with van der Waals surface area (Å²) < 4.78 is 5.26. The molecule has 0 spiro atoms. The summed E-state index contributed by atoms with van der Waals surface area (Å²) in [7, 11) is 0. The lowest BCUT2D eigenvalue weighted by Crippen LogP contribution is -2.04. The highest BCUT2D eigenvalue weighted by Crippen LogP contribution is 2.33. The molecule has 0 unspecified atom stereocenters. The van der Waals surface area contributed by atoms with Gasteiger partial charge in [0.2, 0.25) is 5.90 Å². The van der Waals surface area contributed by atoms with Crippen LogP contribution >= 0.6 is 34.8 Å². The molecule has 3 rings (SSSR count). The minimum absolute atomic E-state index is 0.258. The largest absolute Gasteiger partial charge is 0.404 e. The van der Waals surface area contributed by atoms with Gasteiger partial charge in [-0.3, -0.25) is 0 Å². The van der Waals surface area contributed by atoms with Gasteiger partial charge in [0.15, 0.2) is 0 Å². The molecule has 6 heteroatoms. The van der Waals surface area contributed by atoms with E-state index in [1.54, 1.807) is 12.1 Å². The van der Waals surface area contributed by atoms with E-state index < -0.39 is 0 Å². The predicted molar refractivity (Wildman–Crippen MR) is 84.2 cm³/mol. The number of carbonyl (C=O) groups excluding carboxylic acids is 1. The van der Waals surface area contributed by atoms with Gasteiger partial charge in [0, 0.05) is 31.8 Å². The lowest BCUT2D eigenvalue weighted by molar-refractivity contribution is -0.130. The van der Waals surface area contributed by atoms with Gasteiger partial charge in [0.05, 0.1) is 6.54 Å². The summed E-state index contributed by atoms with van der Waals surface area (Å²) in [5, 5.41) is 1.39. The van der Waals surface area contributed by atoms with Crippen LogP contribution in [0, 0.1) is 0 Å². The van der Waals surface area contributed by atoms with E-state index in [1.807, 2.05) is 0 Å². The van der Waals surface area contributed by atoms with Gasteiger partial charge in [-0.25, -0.2) is 9.79 Å². The van der Waals surface area contributed by atoms with Gasteiger partial charge in [-0.2, -0.15) is 0 Å². The van der Waals surface area contributed by atoms with Crippen molar-refractivity contribution >= 4 is 46.7 Å².